The molecule has 1 aromatic heterocycles. The van der Waals surface area contributed by atoms with Crippen LogP contribution in [-0.4, -0.2) is 16.1 Å². The Morgan fingerprint density at radius 1 is 1.71 bits per heavy atom. The lowest BCUT2D eigenvalue weighted by molar-refractivity contribution is -0.137. The van der Waals surface area contributed by atoms with Crippen LogP contribution in [0.2, 0.25) is 0 Å². The molecule has 6 heteroatoms. The summed E-state index contributed by atoms with van der Waals surface area (Å²) in [5.41, 5.74) is 11.8. The fourth-order valence-corrected chi connectivity index (χ4v) is 1.34. The Balaban J connectivity index is 2.85. The number of nitrogens with zero attached hydrogens (tertiary/aromatic N) is 1. The van der Waals surface area contributed by atoms with Crippen molar-refractivity contribution in [1.82, 2.24) is 4.98 Å². The molecule has 1 aromatic rings. The van der Waals surface area contributed by atoms with Crippen LogP contribution in [0.4, 0.5) is 5.82 Å². The van der Waals surface area contributed by atoms with E-state index in [4.69, 9.17) is 16.6 Å². The summed E-state index contributed by atoms with van der Waals surface area (Å²) in [4.78, 5) is 14.3. The van der Waals surface area contributed by atoms with Crippen LogP contribution < -0.4 is 11.5 Å². The topological polar surface area (TPSA) is 102 Å². The Labute approximate surface area is 89.2 Å². The average molecular weight is 260 g/mol. The van der Waals surface area contributed by atoms with E-state index in [1.54, 1.807) is 6.07 Å². The second kappa shape index (κ2) is 4.39. The molecule has 0 spiro atoms. The summed E-state index contributed by atoms with van der Waals surface area (Å²) >= 11 is 3.19. The summed E-state index contributed by atoms with van der Waals surface area (Å²) in [5.74, 6) is -0.582. The van der Waals surface area contributed by atoms with Crippen molar-refractivity contribution in [2.75, 3.05) is 5.73 Å². The molecule has 5 nitrogen and oxygen atoms in total. The predicted molar refractivity (Wildman–Crippen MR) is 55.5 cm³/mol. The van der Waals surface area contributed by atoms with E-state index in [2.05, 4.69) is 20.9 Å². The van der Waals surface area contributed by atoms with Gasteiger partial charge in [0.1, 0.15) is 5.82 Å². The molecular formula is C8H10BrN3O2. The first-order chi connectivity index (χ1) is 6.50. The van der Waals surface area contributed by atoms with Gasteiger partial charge in [-0.1, -0.05) is 0 Å². The lowest BCUT2D eigenvalue weighted by atomic mass is 10.1. The molecule has 0 amide bonds. The molecule has 1 rings (SSSR count). The van der Waals surface area contributed by atoms with Gasteiger partial charge in [0, 0.05) is 12.2 Å². The highest BCUT2D eigenvalue weighted by Gasteiger charge is 2.11. The highest BCUT2D eigenvalue weighted by molar-refractivity contribution is 9.10. The van der Waals surface area contributed by atoms with Gasteiger partial charge < -0.3 is 16.6 Å². The molecule has 0 saturated carbocycles. The van der Waals surface area contributed by atoms with E-state index in [0.29, 0.717) is 15.9 Å². The smallest absolute Gasteiger partial charge is 0.305 e. The molecule has 1 unspecified atom stereocenters. The number of rotatable bonds is 3. The van der Waals surface area contributed by atoms with Gasteiger partial charge in [-0.15, -0.1) is 0 Å². The van der Waals surface area contributed by atoms with Crippen LogP contribution in [0.5, 0.6) is 0 Å². The Morgan fingerprint density at radius 2 is 2.36 bits per heavy atom. The molecule has 0 saturated heterocycles. The average Bonchev–Trinajstić information content (AvgIpc) is 2.08. The van der Waals surface area contributed by atoms with E-state index < -0.39 is 12.0 Å². The van der Waals surface area contributed by atoms with Crippen molar-refractivity contribution in [2.45, 2.75) is 12.5 Å². The number of hydrogen-bond acceptors (Lipinski definition) is 4. The lowest BCUT2D eigenvalue weighted by Gasteiger charge is -2.09. The zero-order valence-electron chi connectivity index (χ0n) is 7.27. The first kappa shape index (κ1) is 10.9. The molecule has 0 aliphatic carbocycles. The van der Waals surface area contributed by atoms with Gasteiger partial charge in [0.2, 0.25) is 0 Å². The number of carbonyl (C=O) groups is 1. The van der Waals surface area contributed by atoms with Crippen molar-refractivity contribution in [1.29, 1.82) is 0 Å². The molecule has 0 bridgehead atoms. The Kier molecular flexibility index (Phi) is 3.43. The van der Waals surface area contributed by atoms with Crippen LogP contribution in [0.1, 0.15) is 18.0 Å². The van der Waals surface area contributed by atoms with E-state index in [1.165, 1.54) is 6.20 Å². The maximum Gasteiger partial charge on any atom is 0.305 e. The van der Waals surface area contributed by atoms with Gasteiger partial charge in [0.15, 0.2) is 0 Å². The largest absolute Gasteiger partial charge is 0.481 e. The molecule has 76 valence electrons. The fourth-order valence-electron chi connectivity index (χ4n) is 0.972. The number of carboxylic acid groups (broad SMARTS) is 1. The standard InChI is InChI=1S/C8H10BrN3O2/c9-5-1-4(3-12-8(5)11)6(10)2-7(13)14/h1,3,6H,2,10H2,(H2,11,12)(H,13,14). The van der Waals surface area contributed by atoms with Crippen molar-refractivity contribution in [2.24, 2.45) is 5.73 Å². The SMILES string of the molecule is Nc1ncc(C(N)CC(=O)O)cc1Br. The number of carboxylic acids is 1. The number of anilines is 1. The third kappa shape index (κ3) is 2.68. The minimum absolute atomic E-state index is 0.127. The van der Waals surface area contributed by atoms with Gasteiger partial charge in [0.05, 0.1) is 10.9 Å². The van der Waals surface area contributed by atoms with Crippen LogP contribution >= 0.6 is 15.9 Å². The molecule has 0 aliphatic heterocycles. The summed E-state index contributed by atoms with van der Waals surface area (Å²) in [5, 5.41) is 8.53. The Morgan fingerprint density at radius 3 is 2.86 bits per heavy atom. The quantitative estimate of drug-likeness (QED) is 0.749. The maximum absolute atomic E-state index is 10.4. The summed E-state index contributed by atoms with van der Waals surface area (Å²) < 4.78 is 0.621. The number of aliphatic carboxylic acids is 1. The summed E-state index contributed by atoms with van der Waals surface area (Å²) in [6.45, 7) is 0. The summed E-state index contributed by atoms with van der Waals surface area (Å²) in [6, 6.07) is 1.12. The highest BCUT2D eigenvalue weighted by Crippen LogP contribution is 2.21. The maximum atomic E-state index is 10.4. The van der Waals surface area contributed by atoms with Gasteiger partial charge in [-0.05, 0) is 27.6 Å². The highest BCUT2D eigenvalue weighted by atomic mass is 79.9. The zero-order chi connectivity index (χ0) is 10.7. The van der Waals surface area contributed by atoms with E-state index in [-0.39, 0.29) is 6.42 Å². The van der Waals surface area contributed by atoms with E-state index in [1.807, 2.05) is 0 Å². The normalized spacial score (nSPS) is 12.4. The number of aromatic nitrogens is 1. The van der Waals surface area contributed by atoms with Crippen molar-refractivity contribution in [3.05, 3.63) is 22.3 Å². The molecule has 0 aliphatic rings. The minimum atomic E-state index is -0.939. The van der Waals surface area contributed by atoms with Gasteiger partial charge in [0.25, 0.3) is 0 Å². The number of hydrogen-bond donors (Lipinski definition) is 3. The fraction of sp³-hybridized carbons (Fsp3) is 0.250. The molecular weight excluding hydrogens is 250 g/mol. The van der Waals surface area contributed by atoms with Crippen molar-refractivity contribution in [3.8, 4) is 0 Å². The van der Waals surface area contributed by atoms with E-state index >= 15 is 0 Å². The summed E-state index contributed by atoms with van der Waals surface area (Å²) in [7, 11) is 0. The number of halogens is 1. The van der Waals surface area contributed by atoms with Crippen LogP contribution in [0.25, 0.3) is 0 Å². The van der Waals surface area contributed by atoms with Crippen molar-refractivity contribution < 1.29 is 9.90 Å². The number of nitrogen functional groups attached to an aromatic ring is 1. The van der Waals surface area contributed by atoms with Gasteiger partial charge in [-0.25, -0.2) is 4.98 Å². The lowest BCUT2D eigenvalue weighted by Crippen LogP contribution is -2.15. The second-order valence-corrected chi connectivity index (χ2v) is 3.69. The van der Waals surface area contributed by atoms with E-state index in [9.17, 15) is 4.79 Å². The first-order valence-corrected chi connectivity index (χ1v) is 4.68. The minimum Gasteiger partial charge on any atom is -0.481 e. The molecule has 14 heavy (non-hydrogen) atoms. The van der Waals surface area contributed by atoms with Gasteiger partial charge in [-0.2, -0.15) is 0 Å². The number of pyridine rings is 1. The van der Waals surface area contributed by atoms with Crippen LogP contribution in [0, 0.1) is 0 Å². The van der Waals surface area contributed by atoms with Crippen LogP contribution in [0.3, 0.4) is 0 Å². The zero-order valence-corrected chi connectivity index (χ0v) is 8.86. The third-order valence-electron chi connectivity index (χ3n) is 1.71. The third-order valence-corrected chi connectivity index (χ3v) is 2.35. The first-order valence-electron chi connectivity index (χ1n) is 3.89. The monoisotopic (exact) mass is 259 g/mol. The summed E-state index contributed by atoms with van der Waals surface area (Å²) in [6.07, 6.45) is 1.35. The number of nitrogens with two attached hydrogens (primary N) is 2. The second-order valence-electron chi connectivity index (χ2n) is 2.84. The van der Waals surface area contributed by atoms with Crippen molar-refractivity contribution >= 4 is 27.7 Å². The van der Waals surface area contributed by atoms with Crippen molar-refractivity contribution in [3.63, 3.8) is 0 Å². The molecule has 0 fully saturated rings. The van der Waals surface area contributed by atoms with Crippen LogP contribution in [-0.2, 0) is 4.79 Å². The predicted octanol–water partition coefficient (Wildman–Crippen LogP) is 0.901. The van der Waals surface area contributed by atoms with Gasteiger partial charge in [-0.3, -0.25) is 4.79 Å². The molecule has 0 aromatic carbocycles. The molecule has 1 heterocycles. The van der Waals surface area contributed by atoms with E-state index in [0.717, 1.165) is 0 Å². The van der Waals surface area contributed by atoms with Crippen LogP contribution in [0.15, 0.2) is 16.7 Å². The molecule has 0 radical (unpaired) electrons. The Bertz CT molecular complexity index is 356. The molecule has 1 atom stereocenters. The Hall–Kier alpha value is -1.14. The van der Waals surface area contributed by atoms with Gasteiger partial charge >= 0.3 is 5.97 Å². The molecule has 5 N–H and O–H groups in total.